The predicted octanol–water partition coefficient (Wildman–Crippen LogP) is 4.44. The predicted molar refractivity (Wildman–Crippen MR) is 85.3 cm³/mol. The van der Waals surface area contributed by atoms with E-state index in [0.717, 1.165) is 17.9 Å². The number of hydrogen-bond acceptors (Lipinski definition) is 1. The first-order valence-corrected chi connectivity index (χ1v) is 6.67. The van der Waals surface area contributed by atoms with E-state index >= 15 is 0 Å². The van der Waals surface area contributed by atoms with Crippen LogP contribution in [0.2, 0.25) is 5.02 Å². The quantitative estimate of drug-likeness (QED) is 0.867. The molecule has 102 valence electrons. The second-order valence-electron chi connectivity index (χ2n) is 4.52. The van der Waals surface area contributed by atoms with E-state index in [1.165, 1.54) is 11.1 Å². The van der Waals surface area contributed by atoms with Gasteiger partial charge in [0.1, 0.15) is 0 Å². The number of halogens is 2. The minimum atomic E-state index is 0. The molecule has 0 amide bonds. The monoisotopic (exact) mass is 295 g/mol. The van der Waals surface area contributed by atoms with Crippen molar-refractivity contribution in [2.45, 2.75) is 18.8 Å². The fourth-order valence-corrected chi connectivity index (χ4v) is 2.35. The third kappa shape index (κ3) is 4.87. The summed E-state index contributed by atoms with van der Waals surface area (Å²) in [4.78, 5) is 0. The van der Waals surface area contributed by atoms with E-state index in [0.29, 0.717) is 12.5 Å². The van der Waals surface area contributed by atoms with Crippen LogP contribution in [-0.4, -0.2) is 6.54 Å². The maximum atomic E-state index is 5.93. The summed E-state index contributed by atoms with van der Waals surface area (Å²) < 4.78 is 0. The van der Waals surface area contributed by atoms with Crippen molar-refractivity contribution in [1.82, 2.24) is 0 Å². The van der Waals surface area contributed by atoms with Crippen molar-refractivity contribution in [2.75, 3.05) is 6.54 Å². The Bertz CT molecular complexity index is 468. The Kier molecular flexibility index (Phi) is 6.93. The van der Waals surface area contributed by atoms with Crippen LogP contribution in [0.1, 0.15) is 23.5 Å². The SMILES string of the molecule is Cl.NCCC(Cc1ccccc1)c1ccc(Cl)cc1. The summed E-state index contributed by atoms with van der Waals surface area (Å²) >= 11 is 5.93. The van der Waals surface area contributed by atoms with Crippen LogP contribution in [0.5, 0.6) is 0 Å². The first kappa shape index (κ1) is 16.0. The molecule has 0 fully saturated rings. The topological polar surface area (TPSA) is 26.0 Å². The van der Waals surface area contributed by atoms with Crippen molar-refractivity contribution >= 4 is 24.0 Å². The zero-order valence-electron chi connectivity index (χ0n) is 10.8. The average Bonchev–Trinajstić information content (AvgIpc) is 2.40. The third-order valence-corrected chi connectivity index (χ3v) is 3.43. The van der Waals surface area contributed by atoms with Crippen LogP contribution in [0.4, 0.5) is 0 Å². The second-order valence-corrected chi connectivity index (χ2v) is 4.95. The molecule has 19 heavy (non-hydrogen) atoms. The Balaban J connectivity index is 0.00000180. The Hall–Kier alpha value is -1.02. The van der Waals surface area contributed by atoms with Crippen LogP contribution in [0, 0.1) is 0 Å². The van der Waals surface area contributed by atoms with Gasteiger partial charge in [-0.15, -0.1) is 12.4 Å². The van der Waals surface area contributed by atoms with Crippen LogP contribution in [0.15, 0.2) is 54.6 Å². The van der Waals surface area contributed by atoms with E-state index < -0.39 is 0 Å². The van der Waals surface area contributed by atoms with Gasteiger partial charge in [0.05, 0.1) is 0 Å². The zero-order chi connectivity index (χ0) is 12.8. The molecule has 1 nitrogen and oxygen atoms in total. The summed E-state index contributed by atoms with van der Waals surface area (Å²) in [5, 5.41) is 0.782. The molecule has 0 aliphatic heterocycles. The summed E-state index contributed by atoms with van der Waals surface area (Å²) in [5.41, 5.74) is 8.39. The zero-order valence-corrected chi connectivity index (χ0v) is 12.3. The Morgan fingerprint density at radius 2 is 1.58 bits per heavy atom. The van der Waals surface area contributed by atoms with Gasteiger partial charge in [-0.05, 0) is 48.6 Å². The average molecular weight is 296 g/mol. The van der Waals surface area contributed by atoms with Gasteiger partial charge < -0.3 is 5.73 Å². The molecule has 0 bridgehead atoms. The highest BCUT2D eigenvalue weighted by Gasteiger charge is 2.11. The smallest absolute Gasteiger partial charge is 0.0406 e. The summed E-state index contributed by atoms with van der Waals surface area (Å²) in [6.45, 7) is 0.708. The van der Waals surface area contributed by atoms with Crippen molar-refractivity contribution in [1.29, 1.82) is 0 Å². The maximum Gasteiger partial charge on any atom is 0.0406 e. The fraction of sp³-hybridized carbons (Fsp3) is 0.250. The molecule has 1 unspecified atom stereocenters. The molecule has 0 saturated carbocycles. The van der Waals surface area contributed by atoms with Crippen LogP contribution in [-0.2, 0) is 6.42 Å². The summed E-state index contributed by atoms with van der Waals surface area (Å²) in [6.07, 6.45) is 2.02. The molecule has 0 heterocycles. The lowest BCUT2D eigenvalue weighted by atomic mass is 9.89. The molecule has 0 spiro atoms. The third-order valence-electron chi connectivity index (χ3n) is 3.18. The van der Waals surface area contributed by atoms with Gasteiger partial charge >= 0.3 is 0 Å². The van der Waals surface area contributed by atoms with E-state index in [1.54, 1.807) is 0 Å². The van der Waals surface area contributed by atoms with Crippen molar-refractivity contribution in [2.24, 2.45) is 5.73 Å². The van der Waals surface area contributed by atoms with Crippen LogP contribution in [0.3, 0.4) is 0 Å². The van der Waals surface area contributed by atoms with E-state index in [9.17, 15) is 0 Å². The first-order chi connectivity index (χ1) is 8.79. The Labute approximate surface area is 126 Å². The van der Waals surface area contributed by atoms with Gasteiger partial charge in [-0.3, -0.25) is 0 Å². The van der Waals surface area contributed by atoms with Gasteiger partial charge in [0, 0.05) is 5.02 Å². The van der Waals surface area contributed by atoms with E-state index in [2.05, 4.69) is 36.4 Å². The van der Waals surface area contributed by atoms with Crippen molar-refractivity contribution in [3.63, 3.8) is 0 Å². The van der Waals surface area contributed by atoms with Gasteiger partial charge in [-0.2, -0.15) is 0 Å². The molecule has 3 heteroatoms. The largest absolute Gasteiger partial charge is 0.330 e. The molecule has 2 aromatic rings. The summed E-state index contributed by atoms with van der Waals surface area (Å²) in [5.74, 6) is 0.467. The van der Waals surface area contributed by atoms with Crippen molar-refractivity contribution in [3.05, 3.63) is 70.7 Å². The lowest BCUT2D eigenvalue weighted by Gasteiger charge is -2.16. The lowest BCUT2D eigenvalue weighted by molar-refractivity contribution is 0.630. The first-order valence-electron chi connectivity index (χ1n) is 6.29. The second kappa shape index (κ2) is 8.21. The van der Waals surface area contributed by atoms with E-state index in [1.807, 2.05) is 18.2 Å². The highest BCUT2D eigenvalue weighted by atomic mass is 35.5. The number of benzene rings is 2. The van der Waals surface area contributed by atoms with E-state index in [4.69, 9.17) is 17.3 Å². The maximum absolute atomic E-state index is 5.93. The Morgan fingerprint density at radius 1 is 0.947 bits per heavy atom. The molecule has 0 radical (unpaired) electrons. The molecular formula is C16H19Cl2N. The van der Waals surface area contributed by atoms with Crippen LogP contribution in [0.25, 0.3) is 0 Å². The molecule has 0 saturated heterocycles. The van der Waals surface area contributed by atoms with Crippen LogP contribution >= 0.6 is 24.0 Å². The van der Waals surface area contributed by atoms with E-state index in [-0.39, 0.29) is 12.4 Å². The number of hydrogen-bond donors (Lipinski definition) is 1. The van der Waals surface area contributed by atoms with Gasteiger partial charge in [-0.1, -0.05) is 54.1 Å². The number of rotatable bonds is 5. The fourth-order valence-electron chi connectivity index (χ4n) is 2.22. The Morgan fingerprint density at radius 3 is 2.16 bits per heavy atom. The van der Waals surface area contributed by atoms with Crippen LogP contribution < -0.4 is 5.73 Å². The highest BCUT2D eigenvalue weighted by Crippen LogP contribution is 2.25. The lowest BCUT2D eigenvalue weighted by Crippen LogP contribution is -2.10. The minimum Gasteiger partial charge on any atom is -0.330 e. The standard InChI is InChI=1S/C16H18ClN.ClH/c17-16-8-6-14(7-9-16)15(10-11-18)12-13-4-2-1-3-5-13;/h1-9,15H,10-12,18H2;1H. The molecule has 0 aliphatic rings. The number of nitrogens with two attached hydrogens (primary N) is 1. The molecule has 2 rings (SSSR count). The van der Waals surface area contributed by atoms with Gasteiger partial charge in [0.25, 0.3) is 0 Å². The molecule has 2 N–H and O–H groups in total. The normalized spacial score (nSPS) is 11.7. The van der Waals surface area contributed by atoms with Gasteiger partial charge in [0.2, 0.25) is 0 Å². The minimum absolute atomic E-state index is 0. The summed E-state index contributed by atoms with van der Waals surface area (Å²) in [6, 6.07) is 18.6. The molecular weight excluding hydrogens is 277 g/mol. The molecule has 0 aromatic heterocycles. The summed E-state index contributed by atoms with van der Waals surface area (Å²) in [7, 11) is 0. The molecule has 0 aliphatic carbocycles. The highest BCUT2D eigenvalue weighted by molar-refractivity contribution is 6.30. The molecule has 2 aromatic carbocycles. The van der Waals surface area contributed by atoms with Gasteiger partial charge in [0.15, 0.2) is 0 Å². The molecule has 1 atom stereocenters. The van der Waals surface area contributed by atoms with Gasteiger partial charge in [-0.25, -0.2) is 0 Å². The van der Waals surface area contributed by atoms with Crippen molar-refractivity contribution < 1.29 is 0 Å². The van der Waals surface area contributed by atoms with Crippen molar-refractivity contribution in [3.8, 4) is 0 Å².